The van der Waals surface area contributed by atoms with Crippen LogP contribution < -0.4 is 14.4 Å². The van der Waals surface area contributed by atoms with E-state index in [2.05, 4.69) is 5.32 Å². The lowest BCUT2D eigenvalue weighted by Gasteiger charge is -2.23. The molecule has 0 aliphatic heterocycles. The van der Waals surface area contributed by atoms with E-state index in [1.165, 1.54) is 24.3 Å². The van der Waals surface area contributed by atoms with Crippen molar-refractivity contribution in [3.63, 3.8) is 0 Å². The average molecular weight is 477 g/mol. The highest BCUT2D eigenvalue weighted by molar-refractivity contribution is 7.92. The molecule has 1 amide bonds. The van der Waals surface area contributed by atoms with Crippen LogP contribution in [0.5, 0.6) is 5.75 Å². The second-order valence-electron chi connectivity index (χ2n) is 7.10. The first-order valence-corrected chi connectivity index (χ1v) is 11.9. The van der Waals surface area contributed by atoms with Crippen LogP contribution in [-0.4, -0.2) is 27.2 Å². The summed E-state index contributed by atoms with van der Waals surface area (Å²) in [7, 11) is -3.66. The Kier molecular flexibility index (Phi) is 7.37. The normalized spacial score (nSPS) is 11.1. The first-order chi connectivity index (χ1) is 15.1. The number of hydrogen-bond donors (Lipinski definition) is 1. The molecule has 0 spiro atoms. The number of carbonyl (C=O) groups is 1. The molecule has 0 bridgehead atoms. The summed E-state index contributed by atoms with van der Waals surface area (Å²) in [5.74, 6) is -0.468. The lowest BCUT2D eigenvalue weighted by Crippen LogP contribution is -2.29. The van der Waals surface area contributed by atoms with E-state index in [0.29, 0.717) is 22.1 Å². The van der Waals surface area contributed by atoms with Crippen molar-refractivity contribution in [3.8, 4) is 5.75 Å². The number of ether oxygens (including phenoxy) is 1. The Balaban J connectivity index is 1.67. The highest BCUT2D eigenvalue weighted by atomic mass is 35.5. The van der Waals surface area contributed by atoms with Crippen molar-refractivity contribution in [1.82, 2.24) is 0 Å². The van der Waals surface area contributed by atoms with Gasteiger partial charge in [-0.25, -0.2) is 12.8 Å². The van der Waals surface area contributed by atoms with Gasteiger partial charge in [-0.1, -0.05) is 35.9 Å². The maximum absolute atomic E-state index is 14.0. The zero-order chi connectivity index (χ0) is 23.3. The smallest absolute Gasteiger partial charge is 0.262 e. The zero-order valence-corrected chi connectivity index (χ0v) is 19.1. The molecular weight excluding hydrogens is 455 g/mol. The molecule has 0 aliphatic rings. The largest absolute Gasteiger partial charge is 0.484 e. The van der Waals surface area contributed by atoms with Crippen molar-refractivity contribution < 1.29 is 22.3 Å². The number of halogens is 2. The third kappa shape index (κ3) is 5.99. The molecule has 0 fully saturated rings. The fourth-order valence-corrected chi connectivity index (χ4v) is 4.02. The van der Waals surface area contributed by atoms with Crippen molar-refractivity contribution in [2.24, 2.45) is 0 Å². The predicted octanol–water partition coefficient (Wildman–Crippen LogP) is 4.77. The Morgan fingerprint density at radius 2 is 1.75 bits per heavy atom. The summed E-state index contributed by atoms with van der Waals surface area (Å²) in [6.45, 7) is 1.41. The molecule has 0 aromatic heterocycles. The van der Waals surface area contributed by atoms with Crippen molar-refractivity contribution >= 4 is 38.9 Å². The van der Waals surface area contributed by atoms with E-state index in [-0.39, 0.29) is 24.6 Å². The topological polar surface area (TPSA) is 75.7 Å². The van der Waals surface area contributed by atoms with Gasteiger partial charge in [0.2, 0.25) is 10.0 Å². The van der Waals surface area contributed by atoms with Crippen molar-refractivity contribution in [1.29, 1.82) is 0 Å². The van der Waals surface area contributed by atoms with Gasteiger partial charge in [0.15, 0.2) is 6.61 Å². The molecule has 1 N–H and O–H groups in total. The van der Waals surface area contributed by atoms with Crippen LogP contribution in [0, 0.1) is 12.7 Å². The van der Waals surface area contributed by atoms with Crippen LogP contribution in [0.4, 0.5) is 15.8 Å². The molecule has 9 heteroatoms. The van der Waals surface area contributed by atoms with Gasteiger partial charge in [-0.2, -0.15) is 0 Å². The summed E-state index contributed by atoms with van der Waals surface area (Å²) in [6.07, 6.45) is 1.06. The Bertz CT molecular complexity index is 1220. The van der Waals surface area contributed by atoms with Crippen LogP contribution in [0.3, 0.4) is 0 Å². The molecule has 168 valence electrons. The number of carbonyl (C=O) groups excluding carboxylic acids is 1. The molecule has 0 heterocycles. The Hall–Kier alpha value is -3.10. The van der Waals surface area contributed by atoms with E-state index < -0.39 is 15.8 Å². The van der Waals surface area contributed by atoms with Gasteiger partial charge in [0, 0.05) is 16.3 Å². The van der Waals surface area contributed by atoms with Crippen LogP contribution in [0.2, 0.25) is 5.02 Å². The number of anilines is 2. The minimum Gasteiger partial charge on any atom is -0.484 e. The molecule has 0 unspecified atom stereocenters. The van der Waals surface area contributed by atoms with Crippen LogP contribution >= 0.6 is 11.6 Å². The Morgan fingerprint density at radius 1 is 1.06 bits per heavy atom. The fourth-order valence-electron chi connectivity index (χ4n) is 2.97. The van der Waals surface area contributed by atoms with Crippen molar-refractivity contribution in [2.45, 2.75) is 13.5 Å². The Morgan fingerprint density at radius 3 is 2.41 bits per heavy atom. The second-order valence-corrected chi connectivity index (χ2v) is 9.42. The standard InChI is InChI=1S/C23H22ClFN2O4S/c1-16-20(24)7-5-9-22(16)26-23(28)15-31-19-12-10-18(11-13-19)27(32(2,29)30)14-17-6-3-4-8-21(17)25/h3-13H,14-15H2,1-2H3,(H,26,28). The number of benzene rings is 3. The quantitative estimate of drug-likeness (QED) is 0.508. The summed E-state index contributed by atoms with van der Waals surface area (Å²) in [5.41, 5.74) is 1.95. The fraction of sp³-hybridized carbons (Fsp3) is 0.174. The summed E-state index contributed by atoms with van der Waals surface area (Å²) in [5, 5.41) is 3.28. The van der Waals surface area contributed by atoms with Crippen LogP contribution in [0.15, 0.2) is 66.7 Å². The second kappa shape index (κ2) is 10.0. The molecule has 3 aromatic rings. The molecule has 0 radical (unpaired) electrons. The maximum Gasteiger partial charge on any atom is 0.262 e. The molecule has 6 nitrogen and oxygen atoms in total. The highest BCUT2D eigenvalue weighted by Gasteiger charge is 2.19. The average Bonchev–Trinajstić information content (AvgIpc) is 2.74. The van der Waals surface area contributed by atoms with Gasteiger partial charge in [0.1, 0.15) is 11.6 Å². The highest BCUT2D eigenvalue weighted by Crippen LogP contribution is 2.25. The number of sulfonamides is 1. The lowest BCUT2D eigenvalue weighted by atomic mass is 10.2. The van der Waals surface area contributed by atoms with Crippen LogP contribution in [0.1, 0.15) is 11.1 Å². The van der Waals surface area contributed by atoms with E-state index in [1.807, 2.05) is 0 Å². The SMILES string of the molecule is Cc1c(Cl)cccc1NC(=O)COc1ccc(N(Cc2ccccc2F)S(C)(=O)=O)cc1. The summed E-state index contributed by atoms with van der Waals surface area (Å²) >= 11 is 6.05. The molecule has 3 aromatic carbocycles. The van der Waals surface area contributed by atoms with Gasteiger partial charge >= 0.3 is 0 Å². The van der Waals surface area contributed by atoms with Gasteiger partial charge in [-0.05, 0) is 55.0 Å². The summed E-state index contributed by atoms with van der Waals surface area (Å²) < 4.78 is 45.2. The lowest BCUT2D eigenvalue weighted by molar-refractivity contribution is -0.118. The number of amides is 1. The predicted molar refractivity (Wildman–Crippen MR) is 124 cm³/mol. The van der Waals surface area contributed by atoms with Gasteiger partial charge in [-0.3, -0.25) is 9.10 Å². The van der Waals surface area contributed by atoms with E-state index in [9.17, 15) is 17.6 Å². The summed E-state index contributed by atoms with van der Waals surface area (Å²) in [4.78, 5) is 12.2. The van der Waals surface area contributed by atoms with Crippen LogP contribution in [-0.2, 0) is 21.4 Å². The van der Waals surface area contributed by atoms with Gasteiger partial charge in [0.05, 0.1) is 18.5 Å². The van der Waals surface area contributed by atoms with Crippen molar-refractivity contribution in [2.75, 3.05) is 22.5 Å². The van der Waals surface area contributed by atoms with E-state index in [1.54, 1.807) is 49.4 Å². The molecule has 32 heavy (non-hydrogen) atoms. The van der Waals surface area contributed by atoms with Gasteiger partial charge < -0.3 is 10.1 Å². The van der Waals surface area contributed by atoms with E-state index >= 15 is 0 Å². The van der Waals surface area contributed by atoms with E-state index in [4.69, 9.17) is 16.3 Å². The minimum absolute atomic E-state index is 0.146. The number of rotatable bonds is 8. The molecule has 3 rings (SSSR count). The maximum atomic E-state index is 14.0. The minimum atomic E-state index is -3.66. The number of nitrogens with zero attached hydrogens (tertiary/aromatic N) is 1. The van der Waals surface area contributed by atoms with Crippen molar-refractivity contribution in [3.05, 3.63) is 88.7 Å². The Labute approximate surface area is 191 Å². The third-order valence-electron chi connectivity index (χ3n) is 4.71. The third-order valence-corrected chi connectivity index (χ3v) is 6.26. The number of nitrogens with one attached hydrogen (secondary N) is 1. The van der Waals surface area contributed by atoms with Gasteiger partial charge in [-0.15, -0.1) is 0 Å². The molecule has 0 aliphatic carbocycles. The molecule has 0 saturated heterocycles. The molecule has 0 atom stereocenters. The van der Waals surface area contributed by atoms with Gasteiger partial charge in [0.25, 0.3) is 5.91 Å². The first kappa shape index (κ1) is 23.6. The van der Waals surface area contributed by atoms with E-state index in [0.717, 1.165) is 16.1 Å². The molecular formula is C23H22ClFN2O4S. The summed E-state index contributed by atoms with van der Waals surface area (Å²) in [6, 6.07) is 17.4. The molecule has 0 saturated carbocycles. The first-order valence-electron chi connectivity index (χ1n) is 9.64. The van der Waals surface area contributed by atoms with Crippen LogP contribution in [0.25, 0.3) is 0 Å². The number of hydrogen-bond acceptors (Lipinski definition) is 4. The monoisotopic (exact) mass is 476 g/mol. The zero-order valence-electron chi connectivity index (χ0n) is 17.5.